The van der Waals surface area contributed by atoms with Crippen molar-refractivity contribution >= 4 is 27.5 Å². The molecule has 0 aliphatic heterocycles. The molecule has 0 aliphatic rings. The smallest absolute Gasteiger partial charge is 0.0647 e. The van der Waals surface area contributed by atoms with Crippen LogP contribution in [-0.4, -0.2) is 0 Å². The average molecular weight is 310 g/mol. The van der Waals surface area contributed by atoms with Crippen LogP contribution < -0.4 is 0 Å². The Kier molecular flexibility index (Phi) is 3.90. The first-order valence-corrected chi connectivity index (χ1v) is 6.84. The van der Waals surface area contributed by atoms with Crippen LogP contribution >= 0.6 is 27.5 Å². The van der Waals surface area contributed by atoms with Crippen LogP contribution in [0, 0.1) is 13.8 Å². The second kappa shape index (κ2) is 5.24. The van der Waals surface area contributed by atoms with Crippen LogP contribution in [0.3, 0.4) is 0 Å². The van der Waals surface area contributed by atoms with E-state index >= 15 is 0 Å². The molecule has 0 nitrogen and oxygen atoms in total. The SMILES string of the molecule is Cc1ccc(C(Br)c2cc(Cl)ccc2C)cc1. The molecule has 2 heteroatoms. The monoisotopic (exact) mass is 308 g/mol. The lowest BCUT2D eigenvalue weighted by molar-refractivity contribution is 1.14. The van der Waals surface area contributed by atoms with Gasteiger partial charge in [-0.05, 0) is 42.7 Å². The minimum atomic E-state index is 0.196. The van der Waals surface area contributed by atoms with Crippen molar-refractivity contribution in [3.63, 3.8) is 0 Å². The van der Waals surface area contributed by atoms with Crippen molar-refractivity contribution in [3.05, 3.63) is 69.7 Å². The molecule has 0 radical (unpaired) electrons. The van der Waals surface area contributed by atoms with Crippen LogP contribution in [-0.2, 0) is 0 Å². The number of alkyl halides is 1. The Hall–Kier alpha value is -0.790. The Morgan fingerprint density at radius 2 is 1.65 bits per heavy atom. The summed E-state index contributed by atoms with van der Waals surface area (Å²) in [4.78, 5) is 0.196. The zero-order chi connectivity index (χ0) is 12.4. The standard InChI is InChI=1S/C15H14BrCl/c1-10-3-6-12(7-4-10)15(16)14-9-13(17)8-5-11(14)2/h3-9,15H,1-2H3. The Bertz CT molecular complexity index is 517. The number of rotatable bonds is 2. The summed E-state index contributed by atoms with van der Waals surface area (Å²) >= 11 is 9.80. The Labute approximate surface area is 116 Å². The van der Waals surface area contributed by atoms with E-state index in [0.717, 1.165) is 5.02 Å². The maximum Gasteiger partial charge on any atom is 0.0647 e. The molecule has 0 aliphatic carbocycles. The van der Waals surface area contributed by atoms with Gasteiger partial charge in [0.15, 0.2) is 0 Å². The molecule has 1 atom stereocenters. The summed E-state index contributed by atoms with van der Waals surface area (Å²) in [6.45, 7) is 4.20. The third-order valence-electron chi connectivity index (χ3n) is 2.88. The van der Waals surface area contributed by atoms with Gasteiger partial charge < -0.3 is 0 Å². The topological polar surface area (TPSA) is 0 Å². The van der Waals surface area contributed by atoms with Crippen molar-refractivity contribution < 1.29 is 0 Å². The Morgan fingerprint density at radius 3 is 2.29 bits per heavy atom. The van der Waals surface area contributed by atoms with Gasteiger partial charge in [0.2, 0.25) is 0 Å². The lowest BCUT2D eigenvalue weighted by Gasteiger charge is -2.14. The van der Waals surface area contributed by atoms with Crippen LogP contribution in [0.5, 0.6) is 0 Å². The third-order valence-corrected chi connectivity index (χ3v) is 4.14. The maximum atomic E-state index is 6.05. The summed E-state index contributed by atoms with van der Waals surface area (Å²) in [7, 11) is 0. The first-order chi connectivity index (χ1) is 8.08. The molecule has 0 bridgehead atoms. The lowest BCUT2D eigenvalue weighted by Crippen LogP contribution is -1.95. The number of aryl methyl sites for hydroxylation is 2. The summed E-state index contributed by atoms with van der Waals surface area (Å²) in [5.74, 6) is 0. The second-order valence-corrected chi connectivity index (χ2v) is 5.63. The first kappa shape index (κ1) is 12.7. The lowest BCUT2D eigenvalue weighted by atomic mass is 10.00. The molecule has 0 saturated heterocycles. The second-order valence-electron chi connectivity index (χ2n) is 4.27. The van der Waals surface area contributed by atoms with Gasteiger partial charge in [0.1, 0.15) is 0 Å². The molecule has 0 fully saturated rings. The van der Waals surface area contributed by atoms with Crippen molar-refractivity contribution in [2.75, 3.05) is 0 Å². The van der Waals surface area contributed by atoms with E-state index in [9.17, 15) is 0 Å². The summed E-state index contributed by atoms with van der Waals surface area (Å²) < 4.78 is 0. The summed E-state index contributed by atoms with van der Waals surface area (Å²) in [5.41, 5.74) is 5.00. The van der Waals surface area contributed by atoms with Gasteiger partial charge in [-0.2, -0.15) is 0 Å². The fraction of sp³-hybridized carbons (Fsp3) is 0.200. The molecule has 0 aromatic heterocycles. The quantitative estimate of drug-likeness (QED) is 0.648. The van der Waals surface area contributed by atoms with E-state index in [1.165, 1.54) is 22.3 Å². The van der Waals surface area contributed by atoms with Crippen molar-refractivity contribution in [1.82, 2.24) is 0 Å². The average Bonchev–Trinajstić information content (AvgIpc) is 2.32. The Morgan fingerprint density at radius 1 is 1.00 bits per heavy atom. The van der Waals surface area contributed by atoms with E-state index in [2.05, 4.69) is 60.1 Å². The molecule has 2 rings (SSSR count). The molecule has 2 aromatic carbocycles. The highest BCUT2D eigenvalue weighted by atomic mass is 79.9. The van der Waals surface area contributed by atoms with Crippen molar-refractivity contribution in [1.29, 1.82) is 0 Å². The molecule has 0 saturated carbocycles. The van der Waals surface area contributed by atoms with Gasteiger partial charge in [-0.15, -0.1) is 0 Å². The van der Waals surface area contributed by atoms with E-state index < -0.39 is 0 Å². The van der Waals surface area contributed by atoms with Crippen LogP contribution in [0.2, 0.25) is 5.02 Å². The minimum Gasteiger partial charge on any atom is -0.0843 e. The summed E-state index contributed by atoms with van der Waals surface area (Å²) in [6, 6.07) is 14.6. The molecule has 0 N–H and O–H groups in total. The van der Waals surface area contributed by atoms with E-state index in [-0.39, 0.29) is 4.83 Å². The fourth-order valence-electron chi connectivity index (χ4n) is 1.80. The number of benzene rings is 2. The van der Waals surface area contributed by atoms with Gasteiger partial charge in [-0.25, -0.2) is 0 Å². The van der Waals surface area contributed by atoms with Crippen molar-refractivity contribution in [2.45, 2.75) is 18.7 Å². The molecular weight excluding hydrogens is 296 g/mol. The molecule has 2 aromatic rings. The predicted octanol–water partition coefficient (Wildman–Crippen LogP) is 5.44. The van der Waals surface area contributed by atoms with E-state index in [4.69, 9.17) is 11.6 Å². The number of hydrogen-bond donors (Lipinski definition) is 0. The van der Waals surface area contributed by atoms with Crippen molar-refractivity contribution in [2.24, 2.45) is 0 Å². The maximum absolute atomic E-state index is 6.05. The highest BCUT2D eigenvalue weighted by molar-refractivity contribution is 9.09. The van der Waals surface area contributed by atoms with Gasteiger partial charge in [0, 0.05) is 5.02 Å². The molecular formula is C15H14BrCl. The van der Waals surface area contributed by atoms with Crippen LogP contribution in [0.25, 0.3) is 0 Å². The zero-order valence-corrected chi connectivity index (χ0v) is 12.2. The van der Waals surface area contributed by atoms with Crippen LogP contribution in [0.4, 0.5) is 0 Å². The van der Waals surface area contributed by atoms with E-state index in [1.807, 2.05) is 12.1 Å². The summed E-state index contributed by atoms with van der Waals surface area (Å²) in [6.07, 6.45) is 0. The minimum absolute atomic E-state index is 0.196. The fourth-order valence-corrected chi connectivity index (χ4v) is 2.78. The number of hydrogen-bond acceptors (Lipinski definition) is 0. The van der Waals surface area contributed by atoms with Gasteiger partial charge in [-0.1, -0.05) is 63.4 Å². The molecule has 88 valence electrons. The molecule has 0 spiro atoms. The predicted molar refractivity (Wildman–Crippen MR) is 78.1 cm³/mol. The zero-order valence-electron chi connectivity index (χ0n) is 9.87. The normalized spacial score (nSPS) is 12.5. The highest BCUT2D eigenvalue weighted by Crippen LogP contribution is 2.34. The van der Waals surface area contributed by atoms with Gasteiger partial charge in [-0.3, -0.25) is 0 Å². The molecule has 17 heavy (non-hydrogen) atoms. The van der Waals surface area contributed by atoms with Crippen molar-refractivity contribution in [3.8, 4) is 0 Å². The van der Waals surface area contributed by atoms with Gasteiger partial charge in [0.05, 0.1) is 4.83 Å². The molecule has 0 heterocycles. The van der Waals surface area contributed by atoms with E-state index in [0.29, 0.717) is 0 Å². The third kappa shape index (κ3) is 2.91. The molecule has 1 unspecified atom stereocenters. The van der Waals surface area contributed by atoms with Gasteiger partial charge >= 0.3 is 0 Å². The first-order valence-electron chi connectivity index (χ1n) is 5.54. The largest absolute Gasteiger partial charge is 0.0843 e. The summed E-state index contributed by atoms with van der Waals surface area (Å²) in [5, 5.41) is 0.780. The number of halogens is 2. The van der Waals surface area contributed by atoms with Crippen LogP contribution in [0.15, 0.2) is 42.5 Å². The van der Waals surface area contributed by atoms with Gasteiger partial charge in [0.25, 0.3) is 0 Å². The molecule has 0 amide bonds. The Balaban J connectivity index is 2.39. The highest BCUT2D eigenvalue weighted by Gasteiger charge is 2.12. The van der Waals surface area contributed by atoms with E-state index in [1.54, 1.807) is 0 Å². The van der Waals surface area contributed by atoms with Crippen LogP contribution in [0.1, 0.15) is 27.1 Å².